The maximum absolute atomic E-state index is 12.9. The molecular formula is C26H29N5O3S. The minimum Gasteiger partial charge on any atom is -0.377 e. The van der Waals surface area contributed by atoms with Crippen LogP contribution in [0.25, 0.3) is 0 Å². The van der Waals surface area contributed by atoms with Gasteiger partial charge in [0.1, 0.15) is 0 Å². The third kappa shape index (κ3) is 5.74. The number of carbonyl (C=O) groups excluding carboxylic acids is 2. The maximum atomic E-state index is 12.9. The maximum Gasteiger partial charge on any atom is 0.251 e. The topological polar surface area (TPSA) is 89.3 Å². The predicted molar refractivity (Wildman–Crippen MR) is 134 cm³/mol. The van der Waals surface area contributed by atoms with Crippen LogP contribution in [-0.4, -0.2) is 51.6 Å². The first-order valence-corrected chi connectivity index (χ1v) is 13.0. The van der Waals surface area contributed by atoms with Gasteiger partial charge in [-0.15, -0.1) is 10.2 Å². The van der Waals surface area contributed by atoms with Gasteiger partial charge >= 0.3 is 0 Å². The lowest BCUT2D eigenvalue weighted by Crippen LogP contribution is -2.26. The monoisotopic (exact) mass is 491 g/mol. The average molecular weight is 492 g/mol. The molecule has 0 radical (unpaired) electrons. The molecule has 5 rings (SSSR count). The Morgan fingerprint density at radius 1 is 1.11 bits per heavy atom. The van der Waals surface area contributed by atoms with Gasteiger partial charge in [-0.2, -0.15) is 0 Å². The van der Waals surface area contributed by atoms with Crippen molar-refractivity contribution in [2.45, 2.75) is 50.0 Å². The molecule has 3 heterocycles. The molecule has 0 bridgehead atoms. The van der Waals surface area contributed by atoms with Crippen molar-refractivity contribution < 1.29 is 14.3 Å². The van der Waals surface area contributed by atoms with Crippen molar-refractivity contribution in [3.05, 3.63) is 71.5 Å². The number of hydrogen-bond acceptors (Lipinski definition) is 6. The number of carbonyl (C=O) groups is 2. The lowest BCUT2D eigenvalue weighted by atomic mass is 10.1. The molecule has 9 heteroatoms. The molecule has 0 saturated carbocycles. The second-order valence-corrected chi connectivity index (χ2v) is 9.79. The Balaban J connectivity index is 1.29. The zero-order valence-electron chi connectivity index (χ0n) is 19.6. The summed E-state index contributed by atoms with van der Waals surface area (Å²) in [5.41, 5.74) is 2.42. The molecular weight excluding hydrogens is 462 g/mol. The van der Waals surface area contributed by atoms with Crippen molar-refractivity contribution in [3.63, 3.8) is 0 Å². The van der Waals surface area contributed by atoms with Crippen molar-refractivity contribution in [2.75, 3.05) is 23.8 Å². The average Bonchev–Trinajstić information content (AvgIpc) is 3.64. The first-order chi connectivity index (χ1) is 17.2. The first-order valence-electron chi connectivity index (χ1n) is 12.1. The summed E-state index contributed by atoms with van der Waals surface area (Å²) in [5.74, 6) is 1.43. The summed E-state index contributed by atoms with van der Waals surface area (Å²) >= 11 is 1.65. The summed E-state index contributed by atoms with van der Waals surface area (Å²) in [6, 6.07) is 17.4. The number of thioether (sulfide) groups is 1. The van der Waals surface area contributed by atoms with E-state index < -0.39 is 0 Å². The van der Waals surface area contributed by atoms with Crippen LogP contribution in [0.2, 0.25) is 0 Å². The van der Waals surface area contributed by atoms with Gasteiger partial charge in [-0.1, -0.05) is 48.2 Å². The van der Waals surface area contributed by atoms with Crippen molar-refractivity contribution in [2.24, 2.45) is 0 Å². The number of nitrogens with zero attached hydrogens (tertiary/aromatic N) is 4. The van der Waals surface area contributed by atoms with E-state index in [0.29, 0.717) is 30.9 Å². The van der Waals surface area contributed by atoms with E-state index in [9.17, 15) is 9.59 Å². The van der Waals surface area contributed by atoms with Crippen LogP contribution in [0.4, 0.5) is 5.69 Å². The summed E-state index contributed by atoms with van der Waals surface area (Å²) in [7, 11) is 0. The molecule has 2 amide bonds. The van der Waals surface area contributed by atoms with Crippen LogP contribution < -0.4 is 10.2 Å². The second-order valence-electron chi connectivity index (χ2n) is 8.80. The van der Waals surface area contributed by atoms with E-state index in [0.717, 1.165) is 48.0 Å². The molecule has 3 aromatic rings. The summed E-state index contributed by atoms with van der Waals surface area (Å²) in [6.07, 6.45) is 3.83. The van der Waals surface area contributed by atoms with Gasteiger partial charge in [-0.3, -0.25) is 9.59 Å². The molecule has 2 aliphatic rings. The molecule has 0 spiro atoms. The molecule has 182 valence electrons. The normalized spacial score (nSPS) is 17.8. The van der Waals surface area contributed by atoms with Crippen LogP contribution in [0.15, 0.2) is 59.8 Å². The lowest BCUT2D eigenvalue weighted by Gasteiger charge is -2.16. The predicted octanol–water partition coefficient (Wildman–Crippen LogP) is 3.65. The van der Waals surface area contributed by atoms with E-state index in [1.54, 1.807) is 28.8 Å². The van der Waals surface area contributed by atoms with E-state index in [-0.39, 0.29) is 24.5 Å². The Labute approximate surface area is 209 Å². The SMILES string of the molecule is O=C(NCc1nnc(SCC2CCCO2)n1Cc1ccccc1)c1cccc(N2CCCC2=O)c1. The van der Waals surface area contributed by atoms with E-state index >= 15 is 0 Å². The van der Waals surface area contributed by atoms with Crippen LogP contribution in [0.1, 0.15) is 47.4 Å². The van der Waals surface area contributed by atoms with Gasteiger partial charge < -0.3 is 19.5 Å². The summed E-state index contributed by atoms with van der Waals surface area (Å²) in [6.45, 7) is 2.40. The number of nitrogens with one attached hydrogen (secondary N) is 1. The van der Waals surface area contributed by atoms with Crippen LogP contribution in [0, 0.1) is 0 Å². The van der Waals surface area contributed by atoms with E-state index in [2.05, 4.69) is 32.2 Å². The smallest absolute Gasteiger partial charge is 0.251 e. The number of aromatic nitrogens is 3. The van der Waals surface area contributed by atoms with Gasteiger partial charge in [-0.05, 0) is 43.0 Å². The number of hydrogen-bond donors (Lipinski definition) is 1. The van der Waals surface area contributed by atoms with Crippen molar-refractivity contribution in [1.29, 1.82) is 0 Å². The minimum absolute atomic E-state index is 0.101. The van der Waals surface area contributed by atoms with Crippen LogP contribution in [-0.2, 0) is 22.6 Å². The Morgan fingerprint density at radius 3 is 2.77 bits per heavy atom. The highest BCUT2D eigenvalue weighted by atomic mass is 32.2. The number of benzene rings is 2. The third-order valence-electron chi connectivity index (χ3n) is 6.30. The zero-order valence-corrected chi connectivity index (χ0v) is 20.4. The quantitative estimate of drug-likeness (QED) is 0.460. The second kappa shape index (κ2) is 11.0. The van der Waals surface area contributed by atoms with Crippen molar-refractivity contribution in [3.8, 4) is 0 Å². The highest BCUT2D eigenvalue weighted by Crippen LogP contribution is 2.25. The molecule has 1 aromatic heterocycles. The molecule has 1 N–H and O–H groups in total. The molecule has 8 nitrogen and oxygen atoms in total. The van der Waals surface area contributed by atoms with Gasteiger partial charge in [0, 0.05) is 36.6 Å². The first kappa shape index (κ1) is 23.6. The van der Waals surface area contributed by atoms with Gasteiger partial charge in [-0.25, -0.2) is 0 Å². The summed E-state index contributed by atoms with van der Waals surface area (Å²) < 4.78 is 7.82. The highest BCUT2D eigenvalue weighted by molar-refractivity contribution is 7.99. The number of ether oxygens (including phenoxy) is 1. The molecule has 0 aliphatic carbocycles. The molecule has 2 aromatic carbocycles. The molecule has 35 heavy (non-hydrogen) atoms. The van der Waals surface area contributed by atoms with E-state index in [1.165, 1.54) is 0 Å². The Hall–Kier alpha value is -3.17. The number of amides is 2. The van der Waals surface area contributed by atoms with Crippen LogP contribution >= 0.6 is 11.8 Å². The fraction of sp³-hybridized carbons (Fsp3) is 0.385. The van der Waals surface area contributed by atoms with E-state index in [1.807, 2.05) is 30.3 Å². The molecule has 1 atom stereocenters. The lowest BCUT2D eigenvalue weighted by molar-refractivity contribution is -0.117. The standard InChI is InChI=1S/C26H29N5O3S/c32-24-12-5-13-30(24)21-10-4-9-20(15-21)25(33)27-16-23-28-29-26(35-18-22-11-6-14-34-22)31(23)17-19-7-2-1-3-8-19/h1-4,7-10,15,22H,5-6,11-14,16-18H2,(H,27,33). The van der Waals surface area contributed by atoms with Crippen LogP contribution in [0.5, 0.6) is 0 Å². The summed E-state index contributed by atoms with van der Waals surface area (Å²) in [5, 5.41) is 12.6. The molecule has 2 aliphatic heterocycles. The van der Waals surface area contributed by atoms with Crippen LogP contribution in [0.3, 0.4) is 0 Å². The molecule has 2 fully saturated rings. The fourth-order valence-electron chi connectivity index (χ4n) is 4.42. The zero-order chi connectivity index (χ0) is 24.0. The highest BCUT2D eigenvalue weighted by Gasteiger charge is 2.23. The van der Waals surface area contributed by atoms with Gasteiger partial charge in [0.2, 0.25) is 5.91 Å². The van der Waals surface area contributed by atoms with Crippen molar-refractivity contribution >= 4 is 29.3 Å². The van der Waals surface area contributed by atoms with Crippen molar-refractivity contribution in [1.82, 2.24) is 20.1 Å². The van der Waals surface area contributed by atoms with Gasteiger partial charge in [0.05, 0.1) is 19.2 Å². The Kier molecular flexibility index (Phi) is 7.44. The van der Waals surface area contributed by atoms with Gasteiger partial charge in [0.15, 0.2) is 11.0 Å². The Bertz CT molecular complexity index is 1180. The minimum atomic E-state index is -0.207. The molecule has 2 saturated heterocycles. The molecule has 1 unspecified atom stereocenters. The number of anilines is 1. The largest absolute Gasteiger partial charge is 0.377 e. The number of rotatable bonds is 9. The van der Waals surface area contributed by atoms with Gasteiger partial charge in [0.25, 0.3) is 5.91 Å². The summed E-state index contributed by atoms with van der Waals surface area (Å²) in [4.78, 5) is 26.8. The fourth-order valence-corrected chi connectivity index (χ4v) is 5.44. The Morgan fingerprint density at radius 2 is 2.00 bits per heavy atom. The third-order valence-corrected chi connectivity index (χ3v) is 7.40. The van der Waals surface area contributed by atoms with E-state index in [4.69, 9.17) is 4.74 Å².